The Labute approximate surface area is 101 Å². The summed E-state index contributed by atoms with van der Waals surface area (Å²) in [7, 11) is 0. The summed E-state index contributed by atoms with van der Waals surface area (Å²) in [6, 6.07) is 4.76. The van der Waals surface area contributed by atoms with E-state index in [0.717, 1.165) is 12.8 Å². The van der Waals surface area contributed by atoms with Crippen LogP contribution in [0.2, 0.25) is 5.02 Å². The van der Waals surface area contributed by atoms with Crippen molar-refractivity contribution in [2.24, 2.45) is 0 Å². The first kappa shape index (κ1) is 12.8. The van der Waals surface area contributed by atoms with Gasteiger partial charge >= 0.3 is 5.97 Å². The number of nitrogen functional groups attached to an aromatic ring is 1. The smallest absolute Gasteiger partial charge is 0.339 e. The summed E-state index contributed by atoms with van der Waals surface area (Å²) in [5, 5.41) is 0.327. The van der Waals surface area contributed by atoms with Gasteiger partial charge in [0.1, 0.15) is 0 Å². The topological polar surface area (TPSA) is 52.3 Å². The van der Waals surface area contributed by atoms with Crippen LogP contribution in [0.1, 0.15) is 37.0 Å². The lowest BCUT2D eigenvalue weighted by Gasteiger charge is -2.12. The van der Waals surface area contributed by atoms with E-state index in [-0.39, 0.29) is 6.10 Å². The molecule has 4 heteroatoms. The van der Waals surface area contributed by atoms with Gasteiger partial charge in [-0.3, -0.25) is 0 Å². The summed E-state index contributed by atoms with van der Waals surface area (Å²) in [6.07, 6.45) is 1.73. The predicted octanol–water partition coefficient (Wildman–Crippen LogP) is 3.27. The van der Waals surface area contributed by atoms with Gasteiger partial charge in [-0.1, -0.05) is 24.9 Å². The molecule has 88 valence electrons. The Morgan fingerprint density at radius 1 is 1.56 bits per heavy atom. The quantitative estimate of drug-likeness (QED) is 0.650. The highest BCUT2D eigenvalue weighted by Gasteiger charge is 2.14. The van der Waals surface area contributed by atoms with Crippen LogP contribution in [-0.2, 0) is 4.74 Å². The van der Waals surface area contributed by atoms with Crippen molar-refractivity contribution in [2.45, 2.75) is 32.8 Å². The maximum Gasteiger partial charge on any atom is 0.339 e. The molecule has 3 nitrogen and oxygen atoms in total. The van der Waals surface area contributed by atoms with E-state index in [1.807, 2.05) is 13.8 Å². The second kappa shape index (κ2) is 5.75. The van der Waals surface area contributed by atoms with Gasteiger partial charge in [-0.25, -0.2) is 4.79 Å². The fourth-order valence-electron chi connectivity index (χ4n) is 1.41. The number of halogens is 1. The average molecular weight is 242 g/mol. The molecule has 0 aromatic heterocycles. The molecule has 0 saturated carbocycles. The third-order valence-electron chi connectivity index (χ3n) is 2.22. The summed E-state index contributed by atoms with van der Waals surface area (Å²) in [5.41, 5.74) is 6.43. The van der Waals surface area contributed by atoms with E-state index in [1.165, 1.54) is 0 Å². The fourth-order valence-corrected chi connectivity index (χ4v) is 1.67. The first-order valence-electron chi connectivity index (χ1n) is 5.30. The van der Waals surface area contributed by atoms with Crippen LogP contribution in [0.25, 0.3) is 0 Å². The molecule has 0 amide bonds. The monoisotopic (exact) mass is 241 g/mol. The van der Waals surface area contributed by atoms with Gasteiger partial charge in [-0.15, -0.1) is 0 Å². The van der Waals surface area contributed by atoms with Crippen LogP contribution in [0.4, 0.5) is 5.69 Å². The molecule has 0 bridgehead atoms. The van der Waals surface area contributed by atoms with E-state index in [2.05, 4.69) is 0 Å². The zero-order chi connectivity index (χ0) is 12.1. The molecule has 0 aliphatic carbocycles. The number of hydrogen-bond donors (Lipinski definition) is 1. The summed E-state index contributed by atoms with van der Waals surface area (Å²) in [4.78, 5) is 11.7. The van der Waals surface area contributed by atoms with Crippen molar-refractivity contribution >= 4 is 23.3 Å². The molecule has 0 saturated heterocycles. The normalized spacial score (nSPS) is 12.2. The van der Waals surface area contributed by atoms with Gasteiger partial charge in [0.2, 0.25) is 0 Å². The maximum absolute atomic E-state index is 11.7. The van der Waals surface area contributed by atoms with Crippen LogP contribution < -0.4 is 5.73 Å². The van der Waals surface area contributed by atoms with E-state index in [4.69, 9.17) is 22.1 Å². The molecule has 1 aromatic carbocycles. The molecule has 16 heavy (non-hydrogen) atoms. The van der Waals surface area contributed by atoms with E-state index in [0.29, 0.717) is 16.3 Å². The molecule has 0 aliphatic heterocycles. The van der Waals surface area contributed by atoms with Crippen molar-refractivity contribution in [2.75, 3.05) is 5.73 Å². The number of anilines is 1. The molecule has 1 aromatic rings. The molecule has 1 atom stereocenters. The van der Waals surface area contributed by atoms with E-state index in [9.17, 15) is 4.79 Å². The molecule has 0 fully saturated rings. The second-order valence-electron chi connectivity index (χ2n) is 3.74. The van der Waals surface area contributed by atoms with Gasteiger partial charge in [0.05, 0.1) is 16.7 Å². The second-order valence-corrected chi connectivity index (χ2v) is 4.15. The molecule has 0 spiro atoms. The molecule has 1 rings (SSSR count). The van der Waals surface area contributed by atoms with Crippen LogP contribution in [0.5, 0.6) is 0 Å². The van der Waals surface area contributed by atoms with Crippen LogP contribution in [-0.4, -0.2) is 12.1 Å². The lowest BCUT2D eigenvalue weighted by atomic mass is 10.2. The summed E-state index contributed by atoms with van der Waals surface area (Å²) in [6.45, 7) is 3.91. The summed E-state index contributed by atoms with van der Waals surface area (Å²) < 4.78 is 5.23. The van der Waals surface area contributed by atoms with E-state index < -0.39 is 5.97 Å². The number of rotatable bonds is 4. The number of hydrogen-bond acceptors (Lipinski definition) is 3. The lowest BCUT2D eigenvalue weighted by molar-refractivity contribution is 0.0324. The number of carbonyl (C=O) groups excluding carboxylic acids is 1. The zero-order valence-corrected chi connectivity index (χ0v) is 10.3. The molecule has 1 unspecified atom stereocenters. The van der Waals surface area contributed by atoms with Crippen molar-refractivity contribution in [3.63, 3.8) is 0 Å². The highest BCUT2D eigenvalue weighted by atomic mass is 35.5. The minimum Gasteiger partial charge on any atom is -0.459 e. The van der Waals surface area contributed by atoms with Gasteiger partial charge in [0, 0.05) is 5.69 Å². The molecule has 0 aliphatic rings. The van der Waals surface area contributed by atoms with Crippen molar-refractivity contribution in [3.8, 4) is 0 Å². The van der Waals surface area contributed by atoms with Gasteiger partial charge in [-0.05, 0) is 31.5 Å². The van der Waals surface area contributed by atoms with Gasteiger partial charge in [-0.2, -0.15) is 0 Å². The van der Waals surface area contributed by atoms with Crippen molar-refractivity contribution < 1.29 is 9.53 Å². The zero-order valence-electron chi connectivity index (χ0n) is 9.50. The number of ether oxygens (including phenoxy) is 1. The third-order valence-corrected chi connectivity index (χ3v) is 2.53. The highest BCUT2D eigenvalue weighted by molar-refractivity contribution is 6.33. The number of carbonyl (C=O) groups is 1. The molecule has 2 N–H and O–H groups in total. The highest BCUT2D eigenvalue weighted by Crippen LogP contribution is 2.20. The van der Waals surface area contributed by atoms with Crippen molar-refractivity contribution in [1.29, 1.82) is 0 Å². The first-order valence-corrected chi connectivity index (χ1v) is 5.68. The van der Waals surface area contributed by atoms with Crippen LogP contribution in [0, 0.1) is 0 Å². The Kier molecular flexibility index (Phi) is 4.62. The van der Waals surface area contributed by atoms with Gasteiger partial charge < -0.3 is 10.5 Å². The van der Waals surface area contributed by atoms with Crippen LogP contribution in [0.15, 0.2) is 18.2 Å². The summed E-state index contributed by atoms with van der Waals surface area (Å²) in [5.74, 6) is -0.397. The Bertz CT molecular complexity index is 379. The first-order chi connectivity index (χ1) is 7.54. The maximum atomic E-state index is 11.7. The number of esters is 1. The Balaban J connectivity index is 2.73. The Morgan fingerprint density at radius 2 is 2.25 bits per heavy atom. The number of nitrogens with two attached hydrogens (primary N) is 1. The predicted molar refractivity (Wildman–Crippen MR) is 65.6 cm³/mol. The van der Waals surface area contributed by atoms with Crippen LogP contribution >= 0.6 is 11.6 Å². The Morgan fingerprint density at radius 3 is 2.81 bits per heavy atom. The van der Waals surface area contributed by atoms with E-state index in [1.54, 1.807) is 18.2 Å². The molecular formula is C12H16ClNO2. The van der Waals surface area contributed by atoms with E-state index >= 15 is 0 Å². The third kappa shape index (κ3) is 3.42. The minimum absolute atomic E-state index is 0.0916. The SMILES string of the molecule is CCCC(C)OC(=O)c1ccc(N)cc1Cl. The molecule has 0 radical (unpaired) electrons. The standard InChI is InChI=1S/C12H16ClNO2/c1-3-4-8(2)16-12(15)10-6-5-9(14)7-11(10)13/h5-8H,3-4,14H2,1-2H3. The summed E-state index contributed by atoms with van der Waals surface area (Å²) >= 11 is 5.90. The fraction of sp³-hybridized carbons (Fsp3) is 0.417. The molecule has 0 heterocycles. The Hall–Kier alpha value is -1.22. The van der Waals surface area contributed by atoms with Gasteiger partial charge in [0.15, 0.2) is 0 Å². The molecular weight excluding hydrogens is 226 g/mol. The lowest BCUT2D eigenvalue weighted by Crippen LogP contribution is -2.15. The van der Waals surface area contributed by atoms with Crippen molar-refractivity contribution in [3.05, 3.63) is 28.8 Å². The van der Waals surface area contributed by atoms with Crippen molar-refractivity contribution in [1.82, 2.24) is 0 Å². The van der Waals surface area contributed by atoms with Gasteiger partial charge in [0.25, 0.3) is 0 Å². The number of benzene rings is 1. The largest absolute Gasteiger partial charge is 0.459 e. The minimum atomic E-state index is -0.397. The van der Waals surface area contributed by atoms with Crippen LogP contribution in [0.3, 0.4) is 0 Å². The average Bonchev–Trinajstić information content (AvgIpc) is 2.17.